The van der Waals surface area contributed by atoms with E-state index in [1.54, 1.807) is 6.33 Å². The number of anilines is 1. The number of nitrogens with zero attached hydrogens (tertiary/aromatic N) is 6. The third-order valence-corrected chi connectivity index (χ3v) is 6.50. The molecule has 10 nitrogen and oxygen atoms in total. The molecular formula is C27H34ClN7O3. The molecule has 4 aromatic rings. The molecule has 0 radical (unpaired) electrons. The van der Waals surface area contributed by atoms with Gasteiger partial charge in [-0.05, 0) is 44.0 Å². The summed E-state index contributed by atoms with van der Waals surface area (Å²) in [5.74, 6) is 0.101. The summed E-state index contributed by atoms with van der Waals surface area (Å²) in [5, 5.41) is 11.1. The first-order chi connectivity index (χ1) is 17.6. The predicted octanol–water partition coefficient (Wildman–Crippen LogP) is 4.35. The molecule has 38 heavy (non-hydrogen) atoms. The maximum absolute atomic E-state index is 12.6. The Balaban J connectivity index is 0.00000336. The second-order valence-electron chi connectivity index (χ2n) is 10.8. The van der Waals surface area contributed by atoms with Crippen molar-refractivity contribution in [1.29, 1.82) is 0 Å². The molecule has 0 unspecified atom stereocenters. The standard InChI is InChI=1S/C27H33N7O3.ClH/c1-16-9-19(7-8-20(16)11-28-25(35)24-31-26(37-32-24)27(4,5)6)23-22-10-21(14-34(22)30-15-29-23)33-12-17(2)36-18(3)13-33;/h7-10,14-15,17-18H,11-13H2,1-6H3,(H,28,35);1H/t17-,18-;/m0./s1. The second-order valence-corrected chi connectivity index (χ2v) is 10.8. The SMILES string of the molecule is Cc1cc(-c2ncnn3cc(N4C[C@H](C)O[C@@H](C)C4)cc23)ccc1CNC(=O)c1noc(C(C)(C)C)n1.Cl. The van der Waals surface area contributed by atoms with Crippen molar-refractivity contribution in [3.63, 3.8) is 0 Å². The van der Waals surface area contributed by atoms with E-state index in [2.05, 4.69) is 56.4 Å². The van der Waals surface area contributed by atoms with E-state index in [0.29, 0.717) is 12.4 Å². The summed E-state index contributed by atoms with van der Waals surface area (Å²) in [7, 11) is 0. The Morgan fingerprint density at radius 2 is 1.89 bits per heavy atom. The molecule has 4 heterocycles. The zero-order valence-corrected chi connectivity index (χ0v) is 23.4. The van der Waals surface area contributed by atoms with E-state index in [0.717, 1.165) is 46.7 Å². The molecule has 1 saturated heterocycles. The largest absolute Gasteiger partial charge is 0.372 e. The maximum Gasteiger partial charge on any atom is 0.292 e. The molecule has 2 atom stereocenters. The summed E-state index contributed by atoms with van der Waals surface area (Å²) in [6, 6.07) is 8.26. The van der Waals surface area contributed by atoms with Gasteiger partial charge in [-0.25, -0.2) is 9.50 Å². The van der Waals surface area contributed by atoms with Gasteiger partial charge < -0.3 is 19.5 Å². The first kappa shape index (κ1) is 27.5. The van der Waals surface area contributed by atoms with E-state index in [9.17, 15) is 4.79 Å². The van der Waals surface area contributed by atoms with Crippen LogP contribution in [0.3, 0.4) is 0 Å². The van der Waals surface area contributed by atoms with Gasteiger partial charge in [0.05, 0.1) is 35.3 Å². The number of rotatable bonds is 5. The molecule has 5 rings (SSSR count). The first-order valence-electron chi connectivity index (χ1n) is 12.5. The highest BCUT2D eigenvalue weighted by Crippen LogP contribution is 2.29. The number of halogens is 1. The minimum atomic E-state index is -0.368. The summed E-state index contributed by atoms with van der Waals surface area (Å²) in [5.41, 5.74) is 5.61. The van der Waals surface area contributed by atoms with E-state index in [-0.39, 0.29) is 41.8 Å². The fourth-order valence-electron chi connectivity index (χ4n) is 4.62. The number of aromatic nitrogens is 5. The van der Waals surface area contributed by atoms with Crippen LogP contribution in [0.15, 0.2) is 41.3 Å². The van der Waals surface area contributed by atoms with E-state index < -0.39 is 0 Å². The number of amides is 1. The normalized spacial score (nSPS) is 17.9. The molecule has 0 saturated carbocycles. The fourth-order valence-corrected chi connectivity index (χ4v) is 4.62. The Morgan fingerprint density at radius 1 is 1.16 bits per heavy atom. The molecule has 1 aliphatic rings. The average Bonchev–Trinajstić information content (AvgIpc) is 3.50. The molecule has 3 aromatic heterocycles. The maximum atomic E-state index is 12.6. The van der Waals surface area contributed by atoms with Crippen molar-refractivity contribution in [2.75, 3.05) is 18.0 Å². The van der Waals surface area contributed by atoms with Crippen LogP contribution >= 0.6 is 12.4 Å². The molecule has 1 N–H and O–H groups in total. The van der Waals surface area contributed by atoms with Gasteiger partial charge in [0.25, 0.3) is 11.7 Å². The van der Waals surface area contributed by atoms with Gasteiger partial charge in [0.15, 0.2) is 0 Å². The molecule has 0 bridgehead atoms. The minimum absolute atomic E-state index is 0. The molecule has 202 valence electrons. The van der Waals surface area contributed by atoms with E-state index in [1.807, 2.05) is 50.5 Å². The molecule has 1 fully saturated rings. The Hall–Kier alpha value is -3.50. The number of ether oxygens (including phenoxy) is 1. The van der Waals surface area contributed by atoms with Crippen LogP contribution in [0.4, 0.5) is 5.69 Å². The second kappa shape index (κ2) is 10.7. The number of aryl methyl sites for hydroxylation is 1. The summed E-state index contributed by atoms with van der Waals surface area (Å²) in [4.78, 5) is 23.7. The number of carbonyl (C=O) groups excluding carboxylic acids is 1. The van der Waals surface area contributed by atoms with Crippen LogP contribution in [0, 0.1) is 6.92 Å². The van der Waals surface area contributed by atoms with Gasteiger partial charge in [0, 0.05) is 30.6 Å². The Kier molecular flexibility index (Phi) is 7.75. The Morgan fingerprint density at radius 3 is 2.55 bits per heavy atom. The van der Waals surface area contributed by atoms with Gasteiger partial charge in [-0.15, -0.1) is 12.4 Å². The van der Waals surface area contributed by atoms with Crippen molar-refractivity contribution in [1.82, 2.24) is 30.1 Å². The van der Waals surface area contributed by atoms with Crippen molar-refractivity contribution in [2.24, 2.45) is 0 Å². The van der Waals surface area contributed by atoms with Gasteiger partial charge in [0.1, 0.15) is 6.33 Å². The van der Waals surface area contributed by atoms with E-state index in [4.69, 9.17) is 9.26 Å². The highest BCUT2D eigenvalue weighted by Gasteiger charge is 2.25. The van der Waals surface area contributed by atoms with Gasteiger partial charge in [-0.1, -0.05) is 38.1 Å². The number of benzene rings is 1. The van der Waals surface area contributed by atoms with Crippen molar-refractivity contribution < 1.29 is 14.1 Å². The summed E-state index contributed by atoms with van der Waals surface area (Å²) in [6.07, 6.45) is 3.98. The predicted molar refractivity (Wildman–Crippen MR) is 147 cm³/mol. The quantitative estimate of drug-likeness (QED) is 0.398. The monoisotopic (exact) mass is 539 g/mol. The third-order valence-electron chi connectivity index (χ3n) is 6.50. The molecule has 0 aliphatic carbocycles. The zero-order valence-electron chi connectivity index (χ0n) is 22.6. The molecular weight excluding hydrogens is 506 g/mol. The Bertz CT molecular complexity index is 1430. The van der Waals surface area contributed by atoms with Crippen molar-refractivity contribution in [3.05, 3.63) is 59.6 Å². The van der Waals surface area contributed by atoms with Crippen molar-refractivity contribution in [3.8, 4) is 11.3 Å². The van der Waals surface area contributed by atoms with Gasteiger partial charge >= 0.3 is 0 Å². The number of carbonyl (C=O) groups is 1. The van der Waals surface area contributed by atoms with Gasteiger partial charge in [-0.2, -0.15) is 10.1 Å². The summed E-state index contributed by atoms with van der Waals surface area (Å²) in [6.45, 7) is 14.1. The lowest BCUT2D eigenvalue weighted by Crippen LogP contribution is -2.45. The van der Waals surface area contributed by atoms with Crippen LogP contribution < -0.4 is 10.2 Å². The number of hydrogen-bond donors (Lipinski definition) is 1. The average molecular weight is 540 g/mol. The van der Waals surface area contributed by atoms with Crippen LogP contribution in [0.2, 0.25) is 0 Å². The lowest BCUT2D eigenvalue weighted by Gasteiger charge is -2.36. The zero-order chi connectivity index (χ0) is 26.3. The van der Waals surface area contributed by atoms with Crippen LogP contribution in [0.5, 0.6) is 0 Å². The number of nitrogens with one attached hydrogen (secondary N) is 1. The van der Waals surface area contributed by atoms with E-state index >= 15 is 0 Å². The molecule has 1 aromatic carbocycles. The number of hydrogen-bond acceptors (Lipinski definition) is 8. The molecule has 1 amide bonds. The molecule has 0 spiro atoms. The fraction of sp³-hybridized carbons (Fsp3) is 0.444. The van der Waals surface area contributed by atoms with Crippen LogP contribution in [-0.2, 0) is 16.7 Å². The number of fused-ring (bicyclic) bond motifs is 1. The minimum Gasteiger partial charge on any atom is -0.372 e. The lowest BCUT2D eigenvalue weighted by atomic mass is 9.97. The molecule has 11 heteroatoms. The van der Waals surface area contributed by atoms with E-state index in [1.165, 1.54) is 0 Å². The Labute approximate surface area is 228 Å². The van der Waals surface area contributed by atoms with Gasteiger partial charge in [0.2, 0.25) is 5.89 Å². The summed E-state index contributed by atoms with van der Waals surface area (Å²) < 4.78 is 13.0. The van der Waals surface area contributed by atoms with Crippen LogP contribution in [0.1, 0.15) is 62.3 Å². The summed E-state index contributed by atoms with van der Waals surface area (Å²) >= 11 is 0. The van der Waals surface area contributed by atoms with Crippen molar-refractivity contribution in [2.45, 2.75) is 65.7 Å². The van der Waals surface area contributed by atoms with Crippen molar-refractivity contribution >= 4 is 29.5 Å². The van der Waals surface area contributed by atoms with Gasteiger partial charge in [-0.3, -0.25) is 4.79 Å². The lowest BCUT2D eigenvalue weighted by molar-refractivity contribution is -0.00521. The topological polar surface area (TPSA) is 111 Å². The highest BCUT2D eigenvalue weighted by atomic mass is 35.5. The molecule has 1 aliphatic heterocycles. The number of morpholine rings is 1. The first-order valence-corrected chi connectivity index (χ1v) is 12.5. The smallest absolute Gasteiger partial charge is 0.292 e. The van der Waals surface area contributed by atoms with Crippen LogP contribution in [0.25, 0.3) is 16.8 Å². The van der Waals surface area contributed by atoms with Crippen LogP contribution in [-0.4, -0.2) is 55.9 Å². The highest BCUT2D eigenvalue weighted by molar-refractivity contribution is 5.90. The third kappa shape index (κ3) is 5.66.